The molecule has 2 rings (SSSR count). The fraction of sp³-hybridized carbons (Fsp3) is 0.462. The number of Topliss-reactive ketones (excluding diaryl/α,β-unsaturated/α-hetero) is 1. The third-order valence-corrected chi connectivity index (χ3v) is 3.81. The van der Waals surface area contributed by atoms with Crippen LogP contribution in [0.25, 0.3) is 0 Å². The number of ketones is 1. The van der Waals surface area contributed by atoms with Gasteiger partial charge in [-0.1, -0.05) is 28.1 Å². The summed E-state index contributed by atoms with van der Waals surface area (Å²) in [4.78, 5) is 11.7. The van der Waals surface area contributed by atoms with Crippen molar-refractivity contribution >= 4 is 21.7 Å². The van der Waals surface area contributed by atoms with Crippen molar-refractivity contribution in [3.05, 3.63) is 34.9 Å². The minimum Gasteiger partial charge on any atom is -0.389 e. The van der Waals surface area contributed by atoms with Crippen LogP contribution in [0.15, 0.2) is 18.2 Å². The van der Waals surface area contributed by atoms with E-state index in [1.165, 1.54) is 0 Å². The van der Waals surface area contributed by atoms with Crippen LogP contribution >= 0.6 is 15.9 Å². The summed E-state index contributed by atoms with van der Waals surface area (Å²) in [5.74, 6) is 0.133. The molecule has 0 radical (unpaired) electrons. The van der Waals surface area contributed by atoms with E-state index in [1.807, 2.05) is 6.07 Å². The maximum Gasteiger partial charge on any atom is 0.163 e. The zero-order chi connectivity index (χ0) is 12.4. The van der Waals surface area contributed by atoms with Crippen LogP contribution < -0.4 is 0 Å². The third-order valence-electron chi connectivity index (χ3n) is 3.15. The Balaban J connectivity index is 2.32. The maximum atomic E-state index is 11.7. The molecular weight excluding hydrogens is 284 g/mol. The molecule has 0 heterocycles. The van der Waals surface area contributed by atoms with Crippen molar-refractivity contribution in [2.45, 2.75) is 31.5 Å². The second kappa shape index (κ2) is 5.29. The largest absolute Gasteiger partial charge is 0.389 e. The second-order valence-corrected chi connectivity index (χ2v) is 5.01. The zero-order valence-electron chi connectivity index (χ0n) is 9.40. The van der Waals surface area contributed by atoms with E-state index in [0.717, 1.165) is 18.4 Å². The molecule has 0 saturated heterocycles. The molecule has 2 N–H and O–H groups in total. The molecule has 1 aliphatic carbocycles. The molecule has 0 spiro atoms. The summed E-state index contributed by atoms with van der Waals surface area (Å²) in [5, 5.41) is 19.8. The van der Waals surface area contributed by atoms with E-state index in [0.29, 0.717) is 22.9 Å². The summed E-state index contributed by atoms with van der Waals surface area (Å²) in [6, 6.07) is 5.38. The Morgan fingerprint density at radius 2 is 2.06 bits per heavy atom. The number of aliphatic hydroxyl groups excluding tert-OH is 2. The first-order valence-electron chi connectivity index (χ1n) is 5.71. The molecule has 2 unspecified atom stereocenters. The normalized spacial score (nSPS) is 18.6. The molecule has 1 aromatic carbocycles. The highest BCUT2D eigenvalue weighted by Gasteiger charge is 2.22. The molecule has 0 fully saturated rings. The van der Waals surface area contributed by atoms with Crippen LogP contribution in [0.5, 0.6) is 0 Å². The Morgan fingerprint density at radius 3 is 2.76 bits per heavy atom. The summed E-state index contributed by atoms with van der Waals surface area (Å²) in [5.41, 5.74) is 2.35. The van der Waals surface area contributed by atoms with E-state index in [9.17, 15) is 15.0 Å². The van der Waals surface area contributed by atoms with Gasteiger partial charge in [-0.3, -0.25) is 4.79 Å². The average Bonchev–Trinajstić information content (AvgIpc) is 2.37. The van der Waals surface area contributed by atoms with Crippen molar-refractivity contribution < 1.29 is 15.0 Å². The van der Waals surface area contributed by atoms with Gasteiger partial charge in [-0.25, -0.2) is 0 Å². The molecule has 0 amide bonds. The van der Waals surface area contributed by atoms with Gasteiger partial charge in [0.05, 0.1) is 6.10 Å². The van der Waals surface area contributed by atoms with Gasteiger partial charge in [0.25, 0.3) is 0 Å². The molecule has 0 bridgehead atoms. The maximum absolute atomic E-state index is 11.7. The lowest BCUT2D eigenvalue weighted by Gasteiger charge is -2.20. The van der Waals surface area contributed by atoms with E-state index in [1.54, 1.807) is 12.1 Å². The summed E-state index contributed by atoms with van der Waals surface area (Å²) in [7, 11) is 0. The fourth-order valence-corrected chi connectivity index (χ4v) is 2.49. The lowest BCUT2D eigenvalue weighted by atomic mass is 9.88. The number of carbonyl (C=O) groups is 1. The van der Waals surface area contributed by atoms with Crippen molar-refractivity contribution in [1.29, 1.82) is 0 Å². The third kappa shape index (κ3) is 2.59. The molecule has 2 atom stereocenters. The molecule has 0 saturated carbocycles. The number of aryl methyl sites for hydroxylation is 1. The Labute approximate surface area is 109 Å². The average molecular weight is 299 g/mol. The van der Waals surface area contributed by atoms with Crippen molar-refractivity contribution in [1.82, 2.24) is 0 Å². The highest BCUT2D eigenvalue weighted by atomic mass is 79.9. The standard InChI is InChI=1S/C13H15BrO3/c14-7-12(16)13(17)9-5-4-8-2-1-3-11(15)10(8)6-9/h4-6,12-13,16-17H,1-3,7H2. The van der Waals surface area contributed by atoms with Gasteiger partial charge in [0.1, 0.15) is 6.10 Å². The number of hydrogen-bond donors (Lipinski definition) is 2. The smallest absolute Gasteiger partial charge is 0.163 e. The van der Waals surface area contributed by atoms with Gasteiger partial charge >= 0.3 is 0 Å². The summed E-state index contributed by atoms with van der Waals surface area (Å²) < 4.78 is 0. The second-order valence-electron chi connectivity index (χ2n) is 4.36. The van der Waals surface area contributed by atoms with Gasteiger partial charge in [-0.2, -0.15) is 0 Å². The molecule has 0 aromatic heterocycles. The predicted molar refractivity (Wildman–Crippen MR) is 68.5 cm³/mol. The number of halogens is 1. The minimum atomic E-state index is -0.950. The number of carbonyl (C=O) groups excluding carboxylic acids is 1. The summed E-state index contributed by atoms with van der Waals surface area (Å²) in [6.07, 6.45) is 0.588. The molecule has 17 heavy (non-hydrogen) atoms. The first-order valence-corrected chi connectivity index (χ1v) is 6.83. The number of alkyl halides is 1. The van der Waals surface area contributed by atoms with Gasteiger partial charge in [-0.05, 0) is 30.0 Å². The molecule has 1 aromatic rings. The Bertz CT molecular complexity index is 431. The monoisotopic (exact) mass is 298 g/mol. The van der Waals surface area contributed by atoms with E-state index in [4.69, 9.17) is 0 Å². The lowest BCUT2D eigenvalue weighted by molar-refractivity contribution is 0.0342. The van der Waals surface area contributed by atoms with Crippen LogP contribution in [-0.4, -0.2) is 27.4 Å². The number of aliphatic hydroxyl groups is 2. The Hall–Kier alpha value is -0.710. The van der Waals surface area contributed by atoms with Crippen LogP contribution in [0.1, 0.15) is 40.4 Å². The van der Waals surface area contributed by atoms with Crippen LogP contribution in [-0.2, 0) is 6.42 Å². The highest BCUT2D eigenvalue weighted by Crippen LogP contribution is 2.26. The Morgan fingerprint density at radius 1 is 1.29 bits per heavy atom. The summed E-state index contributed by atoms with van der Waals surface area (Å²) >= 11 is 3.12. The van der Waals surface area contributed by atoms with Crippen LogP contribution in [0.3, 0.4) is 0 Å². The Kier molecular flexibility index (Phi) is 3.97. The van der Waals surface area contributed by atoms with E-state index in [2.05, 4.69) is 15.9 Å². The van der Waals surface area contributed by atoms with Crippen LogP contribution in [0.4, 0.5) is 0 Å². The van der Waals surface area contributed by atoms with Gasteiger partial charge in [0.2, 0.25) is 0 Å². The number of hydrogen-bond acceptors (Lipinski definition) is 3. The van der Waals surface area contributed by atoms with Gasteiger partial charge < -0.3 is 10.2 Å². The SMILES string of the molecule is O=C1CCCc2ccc(C(O)C(O)CBr)cc21. The number of benzene rings is 1. The molecule has 0 aliphatic heterocycles. The van der Waals surface area contributed by atoms with Crippen LogP contribution in [0, 0.1) is 0 Å². The van der Waals surface area contributed by atoms with Crippen molar-refractivity contribution in [3.63, 3.8) is 0 Å². The molecule has 92 valence electrons. The first-order chi connectivity index (χ1) is 8.13. The zero-order valence-corrected chi connectivity index (χ0v) is 11.0. The minimum absolute atomic E-state index is 0.133. The number of rotatable bonds is 3. The first kappa shape index (κ1) is 12.7. The molecule has 3 nitrogen and oxygen atoms in total. The van der Waals surface area contributed by atoms with Crippen molar-refractivity contribution in [3.8, 4) is 0 Å². The summed E-state index contributed by atoms with van der Waals surface area (Å²) in [6.45, 7) is 0. The molecule has 1 aliphatic rings. The lowest BCUT2D eigenvalue weighted by Crippen LogP contribution is -2.20. The van der Waals surface area contributed by atoms with Crippen molar-refractivity contribution in [2.24, 2.45) is 0 Å². The van der Waals surface area contributed by atoms with Gasteiger partial charge in [0.15, 0.2) is 5.78 Å². The van der Waals surface area contributed by atoms with E-state index in [-0.39, 0.29) is 5.78 Å². The fourth-order valence-electron chi connectivity index (χ4n) is 2.14. The van der Waals surface area contributed by atoms with Crippen molar-refractivity contribution in [2.75, 3.05) is 5.33 Å². The number of fused-ring (bicyclic) bond motifs is 1. The highest BCUT2D eigenvalue weighted by molar-refractivity contribution is 9.09. The predicted octanol–water partition coefficient (Wildman–Crippen LogP) is 1.99. The van der Waals surface area contributed by atoms with E-state index < -0.39 is 12.2 Å². The van der Waals surface area contributed by atoms with Gasteiger partial charge in [0, 0.05) is 17.3 Å². The van der Waals surface area contributed by atoms with E-state index >= 15 is 0 Å². The van der Waals surface area contributed by atoms with Gasteiger partial charge in [-0.15, -0.1) is 0 Å². The molecule has 4 heteroatoms. The van der Waals surface area contributed by atoms with Crippen LogP contribution in [0.2, 0.25) is 0 Å². The molecular formula is C13H15BrO3. The quantitative estimate of drug-likeness (QED) is 0.839. The topological polar surface area (TPSA) is 57.5 Å².